The highest BCUT2D eigenvalue weighted by atomic mass is 15.6. The molecule has 0 aliphatic carbocycles. The molecule has 0 bridgehead atoms. The molecule has 18 aromatic carbocycles. The van der Waals surface area contributed by atoms with E-state index in [4.69, 9.17) is 0 Å². The number of aromatic nitrogens is 15. The van der Waals surface area contributed by atoms with Gasteiger partial charge in [-0.1, -0.05) is 232 Å². The van der Waals surface area contributed by atoms with E-state index in [1.807, 2.05) is 0 Å². The van der Waals surface area contributed by atoms with Crippen molar-refractivity contribution in [2.75, 3.05) is 0 Å². The van der Waals surface area contributed by atoms with Crippen molar-refractivity contribution < 1.29 is 27.7 Å². The van der Waals surface area contributed by atoms with Crippen LogP contribution in [-0.4, -0.2) is 41.4 Å². The summed E-state index contributed by atoms with van der Waals surface area (Å²) in [5.41, 5.74) is 46.0. The van der Waals surface area contributed by atoms with Crippen molar-refractivity contribution in [1.82, 2.24) is 41.4 Å². The molecule has 9 aliphatic rings. The van der Waals surface area contributed by atoms with Gasteiger partial charge in [0.2, 0.25) is 17.1 Å². The number of pyridine rings is 3. The molecule has 0 N–H and O–H groups in total. The minimum Gasteiger partial charge on any atom is -0.307 e. The second kappa shape index (κ2) is 26.7. The van der Waals surface area contributed by atoms with E-state index in [1.165, 1.54) is 316 Å². The van der Waals surface area contributed by atoms with Gasteiger partial charge in [-0.25, -0.2) is 0 Å². The maximum Gasteiger partial charge on any atom is 0.394 e. The van der Waals surface area contributed by atoms with Crippen LogP contribution in [0, 0.1) is 41.5 Å². The molecule has 0 radical (unpaired) electrons. The summed E-state index contributed by atoms with van der Waals surface area (Å²) >= 11 is 0. The van der Waals surface area contributed by atoms with Gasteiger partial charge < -0.3 is 13.7 Å². The van der Waals surface area contributed by atoms with Crippen LogP contribution in [0.4, 0.5) is 0 Å². The lowest BCUT2D eigenvalue weighted by atomic mass is 9.82. The smallest absolute Gasteiger partial charge is 0.307 e. The molecule has 3 atom stereocenters. The van der Waals surface area contributed by atoms with Crippen LogP contribution in [-0.2, 0) is 17.0 Å². The summed E-state index contributed by atoms with van der Waals surface area (Å²) < 4.78 is 38.5. The molecule has 150 heavy (non-hydrogen) atoms. The first-order chi connectivity index (χ1) is 74.0. The quantitative estimate of drug-likeness (QED) is 0.158. The van der Waals surface area contributed by atoms with Crippen molar-refractivity contribution >= 4 is 163 Å². The van der Waals surface area contributed by atoms with Crippen LogP contribution in [0.2, 0.25) is 0 Å². The molecule has 39 rings (SSSR count). The predicted molar refractivity (Wildman–Crippen MR) is 596 cm³/mol. The van der Waals surface area contributed by atoms with Gasteiger partial charge in [0.05, 0.1) is 113 Å². The van der Waals surface area contributed by atoms with Crippen molar-refractivity contribution in [1.29, 1.82) is 0 Å². The SMILES string of the molecule is Cc1c(-c2ccc3ccccc3c2)c(C)[n+]2n1-c1ccc3c4ccccc4n4c3c1C21c2c-4ccc3c4ccccc4n(c23)-c2cccc[n+]21.Cc1c(-c2ccc3ccccc3c2)c(C)[n+]2n1-c1ccc3c4ccccc4n4c3c1C21c2c-4cccc2-n2c3ccccc3c3ccc[n+]1c32.Cc1c(-c2ccc3ccccc3c2)c(C)[n+]2n1-c1cccc3c1C21c2c(ccc4c5ccccc5n-3c24)-n2c3ccccc3c3ccc[n+]1c32. The number of rotatable bonds is 3. The predicted octanol–water partition coefficient (Wildman–Crippen LogP) is 26.8. The van der Waals surface area contributed by atoms with E-state index in [0.29, 0.717) is 0 Å². The third kappa shape index (κ3) is 8.60. The second-order valence-electron chi connectivity index (χ2n) is 42.8. The molecule has 9 aliphatic heterocycles. The average molecular weight is 1920 g/mol. The molecule has 696 valence electrons. The Morgan fingerprint density at radius 2 is 0.453 bits per heavy atom. The highest BCUT2D eigenvalue weighted by molar-refractivity contribution is 6.20. The first-order valence-corrected chi connectivity index (χ1v) is 52.4. The first kappa shape index (κ1) is 79.0. The van der Waals surface area contributed by atoms with Crippen LogP contribution in [0.15, 0.2) is 419 Å². The molecule has 0 amide bonds. The first-order valence-electron chi connectivity index (χ1n) is 52.4. The monoisotopic (exact) mass is 1920 g/mol. The fourth-order valence-electron chi connectivity index (χ4n) is 31.3. The molecule has 0 fully saturated rings. The highest BCUT2D eigenvalue weighted by Gasteiger charge is 2.74. The van der Waals surface area contributed by atoms with Gasteiger partial charge in [-0.15, -0.1) is 14.0 Å². The lowest BCUT2D eigenvalue weighted by Gasteiger charge is -2.33. The maximum absolute atomic E-state index is 2.64. The number of fused-ring (bicyclic) bond motifs is 34. The Labute approximate surface area is 856 Å². The highest BCUT2D eigenvalue weighted by Crippen LogP contribution is 2.61. The van der Waals surface area contributed by atoms with Crippen LogP contribution in [0.3, 0.4) is 0 Å². The van der Waals surface area contributed by atoms with Crippen molar-refractivity contribution in [2.24, 2.45) is 0 Å². The Morgan fingerprint density at radius 1 is 0.187 bits per heavy atom. The Bertz CT molecular complexity index is 11600. The second-order valence-corrected chi connectivity index (χ2v) is 42.8. The molecular formula is C135H87N15+6. The van der Waals surface area contributed by atoms with Gasteiger partial charge in [0, 0.05) is 80.7 Å². The van der Waals surface area contributed by atoms with Crippen LogP contribution in [0.1, 0.15) is 67.5 Å². The maximum atomic E-state index is 2.64. The summed E-state index contributed by atoms with van der Waals surface area (Å²) in [6, 6.07) is 149. The lowest BCUT2D eigenvalue weighted by Crippen LogP contribution is -2.77. The Hall–Kier alpha value is -19.4. The molecular weight excluding hydrogens is 1830 g/mol. The third-order valence-corrected chi connectivity index (χ3v) is 36.3. The minimum absolute atomic E-state index is 0.668. The molecule has 30 aromatic rings. The fraction of sp³-hybridized carbons (Fsp3) is 0.0667. The van der Waals surface area contributed by atoms with Crippen LogP contribution in [0.25, 0.3) is 248 Å². The van der Waals surface area contributed by atoms with Gasteiger partial charge in [0.25, 0.3) is 5.82 Å². The zero-order valence-corrected chi connectivity index (χ0v) is 82.5. The fourth-order valence-corrected chi connectivity index (χ4v) is 31.3. The topological polar surface area (TPSA) is 67.6 Å². The van der Waals surface area contributed by atoms with Gasteiger partial charge in [-0.2, -0.15) is 27.4 Å². The third-order valence-electron chi connectivity index (χ3n) is 36.3. The molecule has 15 heteroatoms. The van der Waals surface area contributed by atoms with Crippen LogP contribution in [0.5, 0.6) is 0 Å². The summed E-state index contributed by atoms with van der Waals surface area (Å²) in [5, 5.41) is 23.0. The van der Waals surface area contributed by atoms with Gasteiger partial charge in [-0.05, 0) is 246 Å². The van der Waals surface area contributed by atoms with Crippen molar-refractivity contribution in [3.05, 3.63) is 487 Å². The molecule has 0 saturated heterocycles. The Balaban J connectivity index is 0.0000000910. The zero-order chi connectivity index (χ0) is 97.9. The largest absolute Gasteiger partial charge is 0.394 e. The zero-order valence-electron chi connectivity index (χ0n) is 82.5. The number of para-hydroxylation sites is 6. The van der Waals surface area contributed by atoms with E-state index < -0.39 is 17.0 Å². The minimum atomic E-state index is -0.668. The summed E-state index contributed by atoms with van der Waals surface area (Å²) in [7, 11) is 0. The number of hydrogen-bond donors (Lipinski definition) is 0. The molecule has 21 heterocycles. The summed E-state index contributed by atoms with van der Waals surface area (Å²) in [5.74, 6) is 1.17. The van der Waals surface area contributed by atoms with E-state index >= 15 is 0 Å². The van der Waals surface area contributed by atoms with Crippen molar-refractivity contribution in [3.8, 4) is 84.7 Å². The average Bonchev–Trinajstić information content (AvgIpc) is 1.46. The molecule has 0 saturated carbocycles. The summed E-state index contributed by atoms with van der Waals surface area (Å²) in [6.07, 6.45) is 6.98. The van der Waals surface area contributed by atoms with E-state index in [-0.39, 0.29) is 0 Å². The van der Waals surface area contributed by atoms with Gasteiger partial charge in [0.1, 0.15) is 67.0 Å². The Morgan fingerprint density at radius 3 is 0.847 bits per heavy atom. The number of hydrogen-bond acceptors (Lipinski definition) is 0. The number of nitrogens with zero attached hydrogens (tertiary/aromatic N) is 15. The standard InChI is InChI=1S/3C45H29N5/c1-26-40(30-21-20-28-11-3-4-12-29(28)25-30)27(2)50-45-41-37(18-9-19-39(41)49(26)50)47-35-16-7-5-13-31(35)33-22-23-38(42(45)43(33)47)48-36-17-8-6-14-32(36)34-15-10-24-46(45)44(34)48;1-26-40(30-21-20-28-11-3-4-12-29(28)25-30)27(2)50-45-41-37(47-35-16-7-5-13-31(35)33-22-23-39(49(26)50)42(45)43(33)47)18-9-19-38(41)48-36-17-8-6-14-32(36)34-15-10-24-46(45)44(34)48;1-26-40(30-19-18-28-11-3-4-12-29(28)25-30)27(2)50-45-41-37(47-35-15-7-5-13-31(35)33-21-23-38(49(26)50)42(45)43(33)47)22-20-34-32-14-6-8-16-36(32)48(44(34)41)39-17-9-10-24-46(39)45/h3*3-25H,1-2H3/q3*+2. The van der Waals surface area contributed by atoms with E-state index in [2.05, 4.69) is 530 Å². The normalized spacial score (nSPS) is 16.3. The summed E-state index contributed by atoms with van der Waals surface area (Å²) in [6.45, 7) is 13.9. The van der Waals surface area contributed by atoms with Gasteiger partial charge in [0.15, 0.2) is 16.9 Å². The van der Waals surface area contributed by atoms with Gasteiger partial charge in [-0.3, -0.25) is 0 Å². The molecule has 15 nitrogen and oxygen atoms in total. The van der Waals surface area contributed by atoms with Crippen LogP contribution < -0.4 is 27.7 Å². The van der Waals surface area contributed by atoms with Gasteiger partial charge >= 0.3 is 28.3 Å². The van der Waals surface area contributed by atoms with E-state index in [0.717, 1.165) is 0 Å². The van der Waals surface area contributed by atoms with Crippen molar-refractivity contribution in [3.63, 3.8) is 0 Å². The molecule has 3 spiro atoms. The number of benzene rings is 18. The lowest BCUT2D eigenvalue weighted by molar-refractivity contribution is -0.995. The van der Waals surface area contributed by atoms with Crippen molar-refractivity contribution in [2.45, 2.75) is 58.5 Å². The van der Waals surface area contributed by atoms with E-state index in [9.17, 15) is 0 Å². The molecule has 12 aromatic heterocycles. The summed E-state index contributed by atoms with van der Waals surface area (Å²) in [4.78, 5) is 0. The molecule has 3 unspecified atom stereocenters. The van der Waals surface area contributed by atoms with E-state index in [1.54, 1.807) is 0 Å². The van der Waals surface area contributed by atoms with Crippen LogP contribution >= 0.6 is 0 Å². The Kier molecular flexibility index (Phi) is 14.0.